The van der Waals surface area contributed by atoms with Gasteiger partial charge in [-0.3, -0.25) is 10.1 Å². The second-order valence-electron chi connectivity index (χ2n) is 6.04. The van der Waals surface area contributed by atoms with E-state index in [1.54, 1.807) is 0 Å². The van der Waals surface area contributed by atoms with E-state index in [4.69, 9.17) is 4.74 Å². The van der Waals surface area contributed by atoms with Gasteiger partial charge in [-0.15, -0.1) is 0 Å². The van der Waals surface area contributed by atoms with Crippen molar-refractivity contribution >= 4 is 31.6 Å². The number of ether oxygens (including phenoxy) is 1. The predicted octanol–water partition coefficient (Wildman–Crippen LogP) is 3.38. The molecule has 0 unspecified atom stereocenters. The van der Waals surface area contributed by atoms with Gasteiger partial charge in [0, 0.05) is 24.0 Å². The first-order valence-electron chi connectivity index (χ1n) is 8.40. The average Bonchev–Trinajstić information content (AvgIpc) is 2.59. The number of rotatable bonds is 9. The minimum atomic E-state index is -3.89. The zero-order chi connectivity index (χ0) is 18.3. The minimum absolute atomic E-state index is 0.222. The number of hydrogen-bond donors (Lipinski definition) is 1. The van der Waals surface area contributed by atoms with Gasteiger partial charge in [0.1, 0.15) is 0 Å². The molecule has 1 fully saturated rings. The van der Waals surface area contributed by atoms with E-state index >= 15 is 0 Å². The van der Waals surface area contributed by atoms with Gasteiger partial charge in [0.15, 0.2) is 4.90 Å². The van der Waals surface area contributed by atoms with Crippen molar-refractivity contribution in [3.63, 3.8) is 0 Å². The summed E-state index contributed by atoms with van der Waals surface area (Å²) >= 11 is 3.64. The summed E-state index contributed by atoms with van der Waals surface area (Å²) < 4.78 is 32.7. The standard InChI is InChI=1S/C16H23BrN2O5S/c17-13-7-1-3-9-15(13)24-12-6-5-11-18-25(22,23)16-10-4-2-8-14(16)19(20)21/h2,4,8,10,13,15,18H,1,3,5-7,9,11-12H2/t13-,15-/m0/s1. The maximum atomic E-state index is 12.2. The summed E-state index contributed by atoms with van der Waals surface area (Å²) in [4.78, 5) is 10.4. The van der Waals surface area contributed by atoms with Crippen molar-refractivity contribution in [1.82, 2.24) is 4.72 Å². The number of halogens is 1. The number of benzene rings is 1. The number of nitrogens with one attached hydrogen (secondary N) is 1. The molecule has 1 aliphatic rings. The summed E-state index contributed by atoms with van der Waals surface area (Å²) in [6.07, 6.45) is 6.17. The van der Waals surface area contributed by atoms with Crippen LogP contribution in [-0.4, -0.2) is 37.4 Å². The van der Waals surface area contributed by atoms with E-state index in [9.17, 15) is 18.5 Å². The second kappa shape index (κ2) is 9.61. The Morgan fingerprint density at radius 2 is 1.96 bits per heavy atom. The monoisotopic (exact) mass is 434 g/mol. The Balaban J connectivity index is 1.75. The third-order valence-corrected chi connectivity index (χ3v) is 6.72. The van der Waals surface area contributed by atoms with Gasteiger partial charge >= 0.3 is 0 Å². The second-order valence-corrected chi connectivity index (χ2v) is 8.95. The lowest BCUT2D eigenvalue weighted by atomic mass is 9.97. The average molecular weight is 435 g/mol. The van der Waals surface area contributed by atoms with Gasteiger partial charge in [-0.2, -0.15) is 0 Å². The number of para-hydroxylation sites is 1. The van der Waals surface area contributed by atoms with Crippen molar-refractivity contribution in [2.45, 2.75) is 54.4 Å². The molecule has 0 saturated heterocycles. The van der Waals surface area contributed by atoms with Gasteiger partial charge in [0.25, 0.3) is 5.69 Å². The highest BCUT2D eigenvalue weighted by atomic mass is 79.9. The molecule has 7 nitrogen and oxygen atoms in total. The van der Waals surface area contributed by atoms with Crippen LogP contribution in [0.3, 0.4) is 0 Å². The van der Waals surface area contributed by atoms with E-state index < -0.39 is 20.6 Å². The predicted molar refractivity (Wildman–Crippen MR) is 98.4 cm³/mol. The molecular formula is C16H23BrN2O5S. The third kappa shape index (κ3) is 6.02. The maximum Gasteiger partial charge on any atom is 0.289 e. The van der Waals surface area contributed by atoms with Crippen molar-refractivity contribution in [3.8, 4) is 0 Å². The van der Waals surface area contributed by atoms with E-state index in [2.05, 4.69) is 20.7 Å². The fraction of sp³-hybridized carbons (Fsp3) is 0.625. The smallest absolute Gasteiger partial charge is 0.289 e. The van der Waals surface area contributed by atoms with Crippen LogP contribution in [0.5, 0.6) is 0 Å². The molecule has 0 heterocycles. The van der Waals surface area contributed by atoms with E-state index in [-0.39, 0.29) is 17.5 Å². The zero-order valence-electron chi connectivity index (χ0n) is 13.9. The number of sulfonamides is 1. The van der Waals surface area contributed by atoms with Crippen molar-refractivity contribution in [1.29, 1.82) is 0 Å². The summed E-state index contributed by atoms with van der Waals surface area (Å²) in [6, 6.07) is 5.33. The van der Waals surface area contributed by atoms with Gasteiger partial charge < -0.3 is 4.74 Å². The topological polar surface area (TPSA) is 98.5 Å². The molecule has 2 rings (SSSR count). The normalized spacial score (nSPS) is 21.2. The fourth-order valence-electron chi connectivity index (χ4n) is 2.82. The van der Waals surface area contributed by atoms with Gasteiger partial charge in [-0.25, -0.2) is 13.1 Å². The number of unbranched alkanes of at least 4 members (excludes halogenated alkanes) is 1. The van der Waals surface area contributed by atoms with Crippen LogP contribution in [0.1, 0.15) is 38.5 Å². The quantitative estimate of drug-likeness (QED) is 0.278. The van der Waals surface area contributed by atoms with Crippen molar-refractivity contribution in [3.05, 3.63) is 34.4 Å². The maximum absolute atomic E-state index is 12.2. The molecule has 0 aliphatic heterocycles. The van der Waals surface area contributed by atoms with Crippen LogP contribution >= 0.6 is 15.9 Å². The zero-order valence-corrected chi connectivity index (χ0v) is 16.3. The molecule has 2 atom stereocenters. The molecule has 0 spiro atoms. The third-order valence-electron chi connectivity index (χ3n) is 4.17. The molecule has 25 heavy (non-hydrogen) atoms. The lowest BCUT2D eigenvalue weighted by Crippen LogP contribution is -2.29. The summed E-state index contributed by atoms with van der Waals surface area (Å²) in [5.41, 5.74) is -0.418. The van der Waals surface area contributed by atoms with Gasteiger partial charge in [-0.05, 0) is 31.7 Å². The van der Waals surface area contributed by atoms with Crippen LogP contribution in [0.2, 0.25) is 0 Å². The molecule has 1 aromatic carbocycles. The van der Waals surface area contributed by atoms with Crippen LogP contribution < -0.4 is 4.72 Å². The summed E-state index contributed by atoms with van der Waals surface area (Å²) in [6.45, 7) is 0.806. The number of nitro groups is 1. The lowest BCUT2D eigenvalue weighted by Gasteiger charge is -2.27. The van der Waals surface area contributed by atoms with E-state index in [1.165, 1.54) is 37.1 Å². The molecule has 0 bridgehead atoms. The molecule has 9 heteroatoms. The Morgan fingerprint density at radius 1 is 1.24 bits per heavy atom. The van der Waals surface area contributed by atoms with Gasteiger partial charge in [-0.1, -0.05) is 40.9 Å². The largest absolute Gasteiger partial charge is 0.377 e. The number of nitrogens with zero attached hydrogens (tertiary/aromatic N) is 1. The first-order chi connectivity index (χ1) is 11.9. The molecule has 1 aliphatic carbocycles. The summed E-state index contributed by atoms with van der Waals surface area (Å²) in [7, 11) is -3.89. The summed E-state index contributed by atoms with van der Waals surface area (Å²) in [5, 5.41) is 11.0. The lowest BCUT2D eigenvalue weighted by molar-refractivity contribution is -0.387. The van der Waals surface area contributed by atoms with Crippen molar-refractivity contribution < 1.29 is 18.1 Å². The first kappa shape index (κ1) is 20.3. The molecule has 0 aromatic heterocycles. The number of nitro benzene ring substituents is 1. The highest BCUT2D eigenvalue weighted by Crippen LogP contribution is 2.27. The van der Waals surface area contributed by atoms with Crippen LogP contribution in [0.15, 0.2) is 29.2 Å². The Morgan fingerprint density at radius 3 is 2.68 bits per heavy atom. The van der Waals surface area contributed by atoms with Crippen molar-refractivity contribution in [2.24, 2.45) is 0 Å². The molecule has 0 radical (unpaired) electrons. The Hall–Kier alpha value is -1.03. The van der Waals surface area contributed by atoms with E-state index in [1.807, 2.05) is 0 Å². The van der Waals surface area contributed by atoms with Crippen LogP contribution in [0.4, 0.5) is 5.69 Å². The van der Waals surface area contributed by atoms with E-state index in [0.717, 1.165) is 19.3 Å². The van der Waals surface area contributed by atoms with Crippen LogP contribution in [-0.2, 0) is 14.8 Å². The Bertz CT molecular complexity index is 683. The number of alkyl halides is 1. The molecule has 0 amide bonds. The van der Waals surface area contributed by atoms with Crippen LogP contribution in [0, 0.1) is 10.1 Å². The molecule has 1 aromatic rings. The first-order valence-corrected chi connectivity index (χ1v) is 10.8. The van der Waals surface area contributed by atoms with Crippen LogP contribution in [0.25, 0.3) is 0 Å². The number of hydrogen-bond acceptors (Lipinski definition) is 5. The Labute approximate surface area is 156 Å². The molecule has 140 valence electrons. The highest BCUT2D eigenvalue weighted by Gasteiger charge is 2.25. The van der Waals surface area contributed by atoms with Gasteiger partial charge in [0.05, 0.1) is 11.0 Å². The van der Waals surface area contributed by atoms with Gasteiger partial charge in [0.2, 0.25) is 10.0 Å². The molecule has 1 N–H and O–H groups in total. The SMILES string of the molecule is O=[N+]([O-])c1ccccc1S(=O)(=O)NCCCCO[C@H]1CCCC[C@@H]1Br. The fourth-order valence-corrected chi connectivity index (χ4v) is 4.81. The highest BCUT2D eigenvalue weighted by molar-refractivity contribution is 9.09. The molecule has 1 saturated carbocycles. The summed E-state index contributed by atoms with van der Waals surface area (Å²) in [5.74, 6) is 0. The van der Waals surface area contributed by atoms with E-state index in [0.29, 0.717) is 17.9 Å². The van der Waals surface area contributed by atoms with Crippen molar-refractivity contribution in [2.75, 3.05) is 13.2 Å². The Kier molecular flexibility index (Phi) is 7.80. The molecular weight excluding hydrogens is 412 g/mol. The minimum Gasteiger partial charge on any atom is -0.377 e.